The molecule has 0 aliphatic carbocycles. The van der Waals surface area contributed by atoms with Crippen LogP contribution in [0.3, 0.4) is 0 Å². The summed E-state index contributed by atoms with van der Waals surface area (Å²) >= 11 is 0. The van der Waals surface area contributed by atoms with Gasteiger partial charge in [0.25, 0.3) is 0 Å². The Balaban J connectivity index is 1.89. The van der Waals surface area contributed by atoms with Crippen molar-refractivity contribution < 1.29 is 9.53 Å². The topological polar surface area (TPSA) is 38.3 Å². The van der Waals surface area contributed by atoms with Crippen molar-refractivity contribution in [1.82, 2.24) is 5.32 Å². The highest BCUT2D eigenvalue weighted by Gasteiger charge is 2.10. The number of allylic oxidation sites excluding steroid dienone is 2. The highest BCUT2D eigenvalue weighted by Crippen LogP contribution is 2.04. The van der Waals surface area contributed by atoms with Crippen LogP contribution in [0.25, 0.3) is 0 Å². The third-order valence-corrected chi connectivity index (χ3v) is 2.24. The van der Waals surface area contributed by atoms with E-state index in [1.54, 1.807) is 6.08 Å². The molecule has 1 aliphatic rings. The maximum absolute atomic E-state index is 11.6. The monoisotopic (exact) mass is 215 g/mol. The number of hydrogen-bond donors (Lipinski definition) is 1. The summed E-state index contributed by atoms with van der Waals surface area (Å²) in [5, 5.41) is 2.95. The lowest BCUT2D eigenvalue weighted by molar-refractivity contribution is -0.140. The second-order valence-electron chi connectivity index (χ2n) is 3.45. The normalized spacial score (nSPS) is 13.9. The zero-order chi connectivity index (χ0) is 11.2. The summed E-state index contributed by atoms with van der Waals surface area (Å²) in [6.07, 6.45) is 5.50. The van der Waals surface area contributed by atoms with Gasteiger partial charge in [-0.05, 0) is 11.6 Å². The lowest BCUT2D eigenvalue weighted by atomic mass is 10.2. The summed E-state index contributed by atoms with van der Waals surface area (Å²) in [6, 6.07) is 9.63. The average molecular weight is 215 g/mol. The Bertz CT molecular complexity index is 421. The van der Waals surface area contributed by atoms with Crippen LogP contribution in [-0.4, -0.2) is 12.5 Å². The molecule has 1 heterocycles. The van der Waals surface area contributed by atoms with Crippen LogP contribution in [-0.2, 0) is 16.1 Å². The smallest absolute Gasteiger partial charge is 0.354 e. The Morgan fingerprint density at radius 1 is 1.31 bits per heavy atom. The molecule has 2 rings (SSSR count). The van der Waals surface area contributed by atoms with E-state index in [-0.39, 0.29) is 5.97 Å². The molecule has 1 aromatic rings. The molecule has 1 N–H and O–H groups in total. The van der Waals surface area contributed by atoms with Crippen LogP contribution in [0.1, 0.15) is 5.56 Å². The number of esters is 1. The highest BCUT2D eigenvalue weighted by molar-refractivity contribution is 5.88. The van der Waals surface area contributed by atoms with Gasteiger partial charge in [0.15, 0.2) is 0 Å². The number of rotatable bonds is 3. The molecule has 0 aromatic heterocycles. The Hall–Kier alpha value is -2.03. The summed E-state index contributed by atoms with van der Waals surface area (Å²) in [5.74, 6) is -0.312. The average Bonchev–Trinajstić information content (AvgIpc) is 2.38. The molecule has 3 heteroatoms. The van der Waals surface area contributed by atoms with Crippen molar-refractivity contribution in [3.05, 3.63) is 59.8 Å². The van der Waals surface area contributed by atoms with Crippen molar-refractivity contribution in [2.75, 3.05) is 6.54 Å². The maximum atomic E-state index is 11.6. The number of hydrogen-bond acceptors (Lipinski definition) is 3. The van der Waals surface area contributed by atoms with Gasteiger partial charge in [-0.2, -0.15) is 0 Å². The first-order valence-electron chi connectivity index (χ1n) is 5.18. The Morgan fingerprint density at radius 3 is 2.81 bits per heavy atom. The molecule has 0 amide bonds. The van der Waals surface area contributed by atoms with E-state index in [2.05, 4.69) is 5.32 Å². The van der Waals surface area contributed by atoms with Gasteiger partial charge in [0.05, 0.1) is 0 Å². The molecule has 0 unspecified atom stereocenters. The predicted molar refractivity (Wildman–Crippen MR) is 61.5 cm³/mol. The van der Waals surface area contributed by atoms with Crippen LogP contribution in [0.2, 0.25) is 0 Å². The van der Waals surface area contributed by atoms with Crippen molar-refractivity contribution in [2.24, 2.45) is 0 Å². The first-order chi connectivity index (χ1) is 7.86. The Kier molecular flexibility index (Phi) is 3.38. The van der Waals surface area contributed by atoms with Gasteiger partial charge in [0, 0.05) is 6.54 Å². The van der Waals surface area contributed by atoms with Crippen LogP contribution >= 0.6 is 0 Å². The largest absolute Gasteiger partial charge is 0.456 e. The number of benzene rings is 1. The van der Waals surface area contributed by atoms with E-state index in [9.17, 15) is 4.79 Å². The number of carbonyl (C=O) groups is 1. The first kappa shape index (κ1) is 10.5. The summed E-state index contributed by atoms with van der Waals surface area (Å²) in [7, 11) is 0. The number of ether oxygens (including phenoxy) is 1. The molecule has 16 heavy (non-hydrogen) atoms. The van der Waals surface area contributed by atoms with E-state index >= 15 is 0 Å². The summed E-state index contributed by atoms with van der Waals surface area (Å²) in [6.45, 7) is 0.981. The molecule has 0 fully saturated rings. The van der Waals surface area contributed by atoms with Gasteiger partial charge in [0.1, 0.15) is 12.3 Å². The fourth-order valence-electron chi connectivity index (χ4n) is 1.40. The molecule has 0 saturated heterocycles. The molecule has 1 aliphatic heterocycles. The zero-order valence-electron chi connectivity index (χ0n) is 8.85. The lowest BCUT2D eigenvalue weighted by Crippen LogP contribution is -2.24. The predicted octanol–water partition coefficient (Wildman–Crippen LogP) is 1.77. The van der Waals surface area contributed by atoms with Gasteiger partial charge in [-0.15, -0.1) is 0 Å². The Morgan fingerprint density at radius 2 is 2.12 bits per heavy atom. The summed E-state index contributed by atoms with van der Waals surface area (Å²) < 4.78 is 5.16. The van der Waals surface area contributed by atoms with Gasteiger partial charge >= 0.3 is 5.97 Å². The quantitative estimate of drug-likeness (QED) is 0.781. The molecule has 82 valence electrons. The number of carbonyl (C=O) groups excluding carboxylic acids is 1. The van der Waals surface area contributed by atoms with Crippen molar-refractivity contribution in [3.8, 4) is 0 Å². The van der Waals surface area contributed by atoms with Gasteiger partial charge < -0.3 is 10.1 Å². The Labute approximate surface area is 94.4 Å². The van der Waals surface area contributed by atoms with Gasteiger partial charge in [-0.1, -0.05) is 42.5 Å². The molecule has 0 spiro atoms. The lowest BCUT2D eigenvalue weighted by Gasteiger charge is -2.11. The van der Waals surface area contributed by atoms with Crippen LogP contribution in [0.15, 0.2) is 54.3 Å². The van der Waals surface area contributed by atoms with Gasteiger partial charge in [0.2, 0.25) is 0 Å². The minimum atomic E-state index is -0.312. The standard InChI is InChI=1S/C13H13NO2/c15-13(12-8-4-5-9-14-12)16-10-11-6-2-1-3-7-11/h1-8,14H,9-10H2. The van der Waals surface area contributed by atoms with E-state index < -0.39 is 0 Å². The van der Waals surface area contributed by atoms with Crippen molar-refractivity contribution >= 4 is 5.97 Å². The van der Waals surface area contributed by atoms with E-state index in [0.29, 0.717) is 18.8 Å². The van der Waals surface area contributed by atoms with Crippen LogP contribution < -0.4 is 5.32 Å². The number of dihydropyridines is 1. The fourth-order valence-corrected chi connectivity index (χ4v) is 1.40. The molecule has 0 radical (unpaired) electrons. The minimum Gasteiger partial charge on any atom is -0.456 e. The number of nitrogens with one attached hydrogen (secondary N) is 1. The van der Waals surface area contributed by atoms with Gasteiger partial charge in [-0.25, -0.2) is 4.79 Å². The third-order valence-electron chi connectivity index (χ3n) is 2.24. The van der Waals surface area contributed by atoms with Crippen molar-refractivity contribution in [3.63, 3.8) is 0 Å². The van der Waals surface area contributed by atoms with Crippen LogP contribution in [0.4, 0.5) is 0 Å². The maximum Gasteiger partial charge on any atom is 0.354 e. The van der Waals surface area contributed by atoms with E-state index in [1.807, 2.05) is 42.5 Å². The second kappa shape index (κ2) is 5.16. The van der Waals surface area contributed by atoms with E-state index in [0.717, 1.165) is 5.56 Å². The van der Waals surface area contributed by atoms with E-state index in [1.165, 1.54) is 0 Å². The van der Waals surface area contributed by atoms with Crippen LogP contribution in [0, 0.1) is 0 Å². The molecule has 0 atom stereocenters. The molecule has 0 bridgehead atoms. The van der Waals surface area contributed by atoms with Gasteiger partial charge in [-0.3, -0.25) is 0 Å². The summed E-state index contributed by atoms with van der Waals surface area (Å²) in [5.41, 5.74) is 1.50. The van der Waals surface area contributed by atoms with Crippen LogP contribution in [0.5, 0.6) is 0 Å². The molecule has 3 nitrogen and oxygen atoms in total. The van der Waals surface area contributed by atoms with Crippen molar-refractivity contribution in [2.45, 2.75) is 6.61 Å². The molecule has 1 aromatic carbocycles. The third kappa shape index (κ3) is 2.73. The highest BCUT2D eigenvalue weighted by atomic mass is 16.5. The summed E-state index contributed by atoms with van der Waals surface area (Å²) in [4.78, 5) is 11.6. The van der Waals surface area contributed by atoms with E-state index in [4.69, 9.17) is 4.74 Å². The molecular formula is C13H13NO2. The fraction of sp³-hybridized carbons (Fsp3) is 0.154. The molecule has 0 saturated carbocycles. The minimum absolute atomic E-state index is 0.308. The second-order valence-corrected chi connectivity index (χ2v) is 3.45. The molecular weight excluding hydrogens is 202 g/mol. The zero-order valence-corrected chi connectivity index (χ0v) is 8.85. The SMILES string of the molecule is O=C(OCc1ccccc1)C1=CC=CCN1. The van der Waals surface area contributed by atoms with Crippen molar-refractivity contribution in [1.29, 1.82) is 0 Å². The first-order valence-corrected chi connectivity index (χ1v) is 5.18.